The molecule has 0 amide bonds. The Morgan fingerprint density at radius 1 is 1.65 bits per heavy atom. The first-order chi connectivity index (χ1) is 8.11. The first-order valence-electron chi connectivity index (χ1n) is 5.96. The Morgan fingerprint density at radius 2 is 2.35 bits per heavy atom. The number of rotatable bonds is 6. The molecule has 0 aliphatic heterocycles. The van der Waals surface area contributed by atoms with Gasteiger partial charge in [-0.05, 0) is 19.3 Å². The number of hydrogen-bond donors (Lipinski definition) is 1. The van der Waals surface area contributed by atoms with Crippen LogP contribution >= 0.6 is 23.1 Å². The van der Waals surface area contributed by atoms with Gasteiger partial charge in [-0.2, -0.15) is 11.8 Å². The SMILES string of the molecule is CCC(C)SCc1nc(C2CC2)c(C(=O)O)s1. The molecular formula is C12H17NO2S2. The fraction of sp³-hybridized carbons (Fsp3) is 0.667. The molecule has 1 aromatic heterocycles. The fourth-order valence-electron chi connectivity index (χ4n) is 1.56. The summed E-state index contributed by atoms with van der Waals surface area (Å²) in [6.45, 7) is 4.36. The monoisotopic (exact) mass is 271 g/mol. The Hall–Kier alpha value is -0.550. The van der Waals surface area contributed by atoms with Crippen molar-refractivity contribution in [2.45, 2.75) is 50.0 Å². The van der Waals surface area contributed by atoms with Crippen LogP contribution in [0.1, 0.15) is 59.4 Å². The topological polar surface area (TPSA) is 50.2 Å². The Balaban J connectivity index is 2.07. The van der Waals surface area contributed by atoms with Crippen LogP contribution in [0.2, 0.25) is 0 Å². The standard InChI is InChI=1S/C12H17NO2S2/c1-3-7(2)16-6-9-13-10(8-4-5-8)11(17-9)12(14)15/h7-8H,3-6H2,1-2H3,(H,14,15). The molecule has 1 heterocycles. The third-order valence-corrected chi connectivity index (χ3v) is 5.51. The number of carboxylic acids is 1. The van der Waals surface area contributed by atoms with Crippen molar-refractivity contribution in [1.29, 1.82) is 0 Å². The number of aromatic nitrogens is 1. The normalized spacial score (nSPS) is 17.1. The van der Waals surface area contributed by atoms with E-state index in [9.17, 15) is 4.79 Å². The number of carbonyl (C=O) groups is 1. The van der Waals surface area contributed by atoms with E-state index < -0.39 is 5.97 Å². The lowest BCUT2D eigenvalue weighted by Crippen LogP contribution is -1.97. The van der Waals surface area contributed by atoms with Crippen LogP contribution in [0.25, 0.3) is 0 Å². The summed E-state index contributed by atoms with van der Waals surface area (Å²) in [7, 11) is 0. The molecular weight excluding hydrogens is 254 g/mol. The molecule has 17 heavy (non-hydrogen) atoms. The van der Waals surface area contributed by atoms with Crippen LogP contribution < -0.4 is 0 Å². The largest absolute Gasteiger partial charge is 0.477 e. The molecule has 1 aliphatic carbocycles. The second-order valence-corrected chi connectivity index (χ2v) is 6.94. The van der Waals surface area contributed by atoms with Crippen LogP contribution in [0, 0.1) is 0 Å². The summed E-state index contributed by atoms with van der Waals surface area (Å²) in [5.41, 5.74) is 0.835. The molecule has 1 N–H and O–H groups in total. The van der Waals surface area contributed by atoms with E-state index in [-0.39, 0.29) is 0 Å². The van der Waals surface area contributed by atoms with Crippen molar-refractivity contribution in [3.63, 3.8) is 0 Å². The van der Waals surface area contributed by atoms with Crippen LogP contribution in [-0.4, -0.2) is 21.3 Å². The van der Waals surface area contributed by atoms with Crippen molar-refractivity contribution < 1.29 is 9.90 Å². The Kier molecular flexibility index (Phi) is 4.09. The zero-order valence-electron chi connectivity index (χ0n) is 10.1. The maximum Gasteiger partial charge on any atom is 0.347 e. The van der Waals surface area contributed by atoms with Crippen molar-refractivity contribution in [3.05, 3.63) is 15.6 Å². The predicted octanol–water partition coefficient (Wildman–Crippen LogP) is 3.75. The molecule has 1 fully saturated rings. The smallest absolute Gasteiger partial charge is 0.347 e. The van der Waals surface area contributed by atoms with E-state index in [0.717, 1.165) is 35.7 Å². The predicted molar refractivity (Wildman–Crippen MR) is 72.1 cm³/mol. The lowest BCUT2D eigenvalue weighted by molar-refractivity contribution is 0.0700. The molecule has 2 rings (SSSR count). The van der Waals surface area contributed by atoms with Crippen LogP contribution in [0.15, 0.2) is 0 Å². The summed E-state index contributed by atoms with van der Waals surface area (Å²) in [5, 5.41) is 10.7. The number of hydrogen-bond acceptors (Lipinski definition) is 4. The Labute approximate surface area is 110 Å². The minimum absolute atomic E-state index is 0.416. The molecule has 94 valence electrons. The fourth-order valence-corrected chi connectivity index (χ4v) is 3.51. The zero-order chi connectivity index (χ0) is 12.4. The molecule has 1 aromatic rings. The molecule has 3 nitrogen and oxygen atoms in total. The number of carboxylic acid groups (broad SMARTS) is 1. The maximum atomic E-state index is 11.1. The van der Waals surface area contributed by atoms with E-state index in [4.69, 9.17) is 5.11 Å². The van der Waals surface area contributed by atoms with Crippen LogP contribution in [0.3, 0.4) is 0 Å². The van der Waals surface area contributed by atoms with E-state index in [1.54, 1.807) is 0 Å². The van der Waals surface area contributed by atoms with Crippen molar-refractivity contribution in [1.82, 2.24) is 4.98 Å². The molecule has 5 heteroatoms. The molecule has 1 unspecified atom stereocenters. The van der Waals surface area contributed by atoms with Crippen molar-refractivity contribution in [2.75, 3.05) is 0 Å². The van der Waals surface area contributed by atoms with Gasteiger partial charge in [0.2, 0.25) is 0 Å². The van der Waals surface area contributed by atoms with E-state index in [0.29, 0.717) is 16.0 Å². The highest BCUT2D eigenvalue weighted by molar-refractivity contribution is 7.99. The van der Waals surface area contributed by atoms with Gasteiger partial charge in [0.1, 0.15) is 9.88 Å². The third-order valence-electron chi connectivity index (χ3n) is 2.92. The van der Waals surface area contributed by atoms with Gasteiger partial charge >= 0.3 is 5.97 Å². The van der Waals surface area contributed by atoms with Gasteiger partial charge in [0.25, 0.3) is 0 Å². The summed E-state index contributed by atoms with van der Waals surface area (Å²) in [4.78, 5) is 16.1. The molecule has 1 aliphatic rings. The number of nitrogens with zero attached hydrogens (tertiary/aromatic N) is 1. The van der Waals surface area contributed by atoms with Gasteiger partial charge in [0, 0.05) is 16.9 Å². The molecule has 0 radical (unpaired) electrons. The maximum absolute atomic E-state index is 11.1. The highest BCUT2D eigenvalue weighted by Gasteiger charge is 2.31. The lowest BCUT2D eigenvalue weighted by Gasteiger charge is -2.05. The minimum Gasteiger partial charge on any atom is -0.477 e. The number of thioether (sulfide) groups is 1. The van der Waals surface area contributed by atoms with Gasteiger partial charge in [-0.3, -0.25) is 0 Å². The molecule has 0 saturated heterocycles. The quantitative estimate of drug-likeness (QED) is 0.856. The number of thiazole rings is 1. The molecule has 1 atom stereocenters. The van der Waals surface area contributed by atoms with E-state index in [1.807, 2.05) is 11.8 Å². The second kappa shape index (κ2) is 5.40. The zero-order valence-corrected chi connectivity index (χ0v) is 11.7. The van der Waals surface area contributed by atoms with Crippen molar-refractivity contribution in [3.8, 4) is 0 Å². The number of aromatic carboxylic acids is 1. The van der Waals surface area contributed by atoms with Crippen molar-refractivity contribution in [2.24, 2.45) is 0 Å². The molecule has 0 aromatic carbocycles. The molecule has 0 spiro atoms. The lowest BCUT2D eigenvalue weighted by atomic mass is 10.2. The van der Waals surface area contributed by atoms with Crippen LogP contribution in [-0.2, 0) is 5.75 Å². The van der Waals surface area contributed by atoms with Gasteiger partial charge < -0.3 is 5.11 Å². The van der Waals surface area contributed by atoms with E-state index in [2.05, 4.69) is 18.8 Å². The Bertz CT molecular complexity index is 413. The second-order valence-electron chi connectivity index (χ2n) is 4.43. The van der Waals surface area contributed by atoms with Gasteiger partial charge in [-0.1, -0.05) is 13.8 Å². The average Bonchev–Trinajstić information content (AvgIpc) is 3.06. The van der Waals surface area contributed by atoms with Crippen LogP contribution in [0.4, 0.5) is 0 Å². The highest BCUT2D eigenvalue weighted by Crippen LogP contribution is 2.43. The third kappa shape index (κ3) is 3.22. The molecule has 1 saturated carbocycles. The summed E-state index contributed by atoms with van der Waals surface area (Å²) in [5.74, 6) is 0.441. The van der Waals surface area contributed by atoms with Crippen LogP contribution in [0.5, 0.6) is 0 Å². The van der Waals surface area contributed by atoms with E-state index >= 15 is 0 Å². The average molecular weight is 271 g/mol. The molecule has 0 bridgehead atoms. The first-order valence-corrected chi connectivity index (χ1v) is 7.82. The summed E-state index contributed by atoms with van der Waals surface area (Å²) in [6, 6.07) is 0. The van der Waals surface area contributed by atoms with E-state index in [1.165, 1.54) is 11.3 Å². The van der Waals surface area contributed by atoms with Gasteiger partial charge in [0.05, 0.1) is 5.69 Å². The van der Waals surface area contributed by atoms with Gasteiger partial charge in [-0.25, -0.2) is 9.78 Å². The van der Waals surface area contributed by atoms with Gasteiger partial charge in [-0.15, -0.1) is 11.3 Å². The summed E-state index contributed by atoms with van der Waals surface area (Å²) >= 11 is 3.21. The summed E-state index contributed by atoms with van der Waals surface area (Å²) < 4.78 is 0. The Morgan fingerprint density at radius 3 is 2.88 bits per heavy atom. The van der Waals surface area contributed by atoms with Gasteiger partial charge in [0.15, 0.2) is 0 Å². The van der Waals surface area contributed by atoms with Crippen molar-refractivity contribution >= 4 is 29.1 Å². The minimum atomic E-state index is -0.816. The highest BCUT2D eigenvalue weighted by atomic mass is 32.2. The summed E-state index contributed by atoms with van der Waals surface area (Å²) in [6.07, 6.45) is 3.33. The first kappa shape index (κ1) is 12.9.